The normalized spacial score (nSPS) is 16.4. The Morgan fingerprint density at radius 1 is 1.50 bits per heavy atom. The minimum atomic E-state index is -0.392. The fourth-order valence-corrected chi connectivity index (χ4v) is 1.51. The van der Waals surface area contributed by atoms with Crippen LogP contribution >= 0.6 is 0 Å². The van der Waals surface area contributed by atoms with Crippen molar-refractivity contribution < 1.29 is 4.39 Å². The summed E-state index contributed by atoms with van der Waals surface area (Å²) in [6, 6.07) is 0.450. The lowest BCUT2D eigenvalue weighted by molar-refractivity contribution is 0.412. The van der Waals surface area contributed by atoms with Gasteiger partial charge in [0.15, 0.2) is 5.82 Å². The Labute approximate surface area is 82.2 Å². The van der Waals surface area contributed by atoms with Crippen LogP contribution in [0.5, 0.6) is 0 Å². The standard InChI is InChI=1S/C9H13FN4/c1-2-14(8-5-11-6-8)9-12-3-7(10)4-13-9/h3-4,8,11H,2,5-6H2,1H3. The average molecular weight is 196 g/mol. The number of nitrogens with zero attached hydrogens (tertiary/aromatic N) is 3. The average Bonchev–Trinajstić information content (AvgIpc) is 2.13. The van der Waals surface area contributed by atoms with Gasteiger partial charge in [0.1, 0.15) is 0 Å². The van der Waals surface area contributed by atoms with Gasteiger partial charge >= 0.3 is 0 Å². The molecule has 0 bridgehead atoms. The van der Waals surface area contributed by atoms with Crippen LogP contribution in [-0.4, -0.2) is 35.6 Å². The predicted molar refractivity (Wildman–Crippen MR) is 51.7 cm³/mol. The Kier molecular flexibility index (Phi) is 2.58. The van der Waals surface area contributed by atoms with E-state index in [1.165, 1.54) is 12.4 Å². The molecule has 0 amide bonds. The summed E-state index contributed by atoms with van der Waals surface area (Å²) in [6.45, 7) is 4.80. The maximum Gasteiger partial charge on any atom is 0.225 e. The van der Waals surface area contributed by atoms with E-state index in [0.717, 1.165) is 19.6 Å². The number of hydrogen-bond donors (Lipinski definition) is 1. The van der Waals surface area contributed by atoms with Crippen LogP contribution in [0.25, 0.3) is 0 Å². The smallest absolute Gasteiger partial charge is 0.225 e. The first-order valence-electron chi connectivity index (χ1n) is 4.76. The summed E-state index contributed by atoms with van der Waals surface area (Å²) < 4.78 is 12.6. The predicted octanol–water partition coefficient (Wildman–Crippen LogP) is 0.414. The Morgan fingerprint density at radius 3 is 2.57 bits per heavy atom. The van der Waals surface area contributed by atoms with Gasteiger partial charge in [0, 0.05) is 19.6 Å². The van der Waals surface area contributed by atoms with E-state index in [1.54, 1.807) is 0 Å². The molecule has 1 aromatic heterocycles. The van der Waals surface area contributed by atoms with Crippen molar-refractivity contribution in [1.29, 1.82) is 0 Å². The van der Waals surface area contributed by atoms with Crippen molar-refractivity contribution in [2.75, 3.05) is 24.5 Å². The van der Waals surface area contributed by atoms with Gasteiger partial charge in [-0.2, -0.15) is 0 Å². The zero-order valence-electron chi connectivity index (χ0n) is 8.07. The lowest BCUT2D eigenvalue weighted by Crippen LogP contribution is -2.57. The summed E-state index contributed by atoms with van der Waals surface area (Å²) in [5.74, 6) is 0.219. The fraction of sp³-hybridized carbons (Fsp3) is 0.556. The molecule has 1 aromatic rings. The summed E-state index contributed by atoms with van der Waals surface area (Å²) in [5.41, 5.74) is 0. The quantitative estimate of drug-likeness (QED) is 0.760. The van der Waals surface area contributed by atoms with Crippen molar-refractivity contribution in [1.82, 2.24) is 15.3 Å². The number of aromatic nitrogens is 2. The van der Waals surface area contributed by atoms with Crippen LogP contribution in [0, 0.1) is 5.82 Å². The Balaban J connectivity index is 2.14. The van der Waals surface area contributed by atoms with Crippen molar-refractivity contribution in [2.45, 2.75) is 13.0 Å². The van der Waals surface area contributed by atoms with Crippen LogP contribution < -0.4 is 10.2 Å². The van der Waals surface area contributed by atoms with E-state index in [2.05, 4.69) is 20.2 Å². The van der Waals surface area contributed by atoms with Crippen molar-refractivity contribution in [2.24, 2.45) is 0 Å². The summed E-state index contributed by atoms with van der Waals surface area (Å²) in [4.78, 5) is 10.0. The van der Waals surface area contributed by atoms with E-state index in [-0.39, 0.29) is 0 Å². The van der Waals surface area contributed by atoms with E-state index in [9.17, 15) is 4.39 Å². The molecule has 1 fully saturated rings. The molecule has 2 rings (SSSR count). The molecule has 0 spiro atoms. The zero-order chi connectivity index (χ0) is 9.97. The highest BCUT2D eigenvalue weighted by Crippen LogP contribution is 2.12. The monoisotopic (exact) mass is 196 g/mol. The highest BCUT2D eigenvalue weighted by molar-refractivity contribution is 5.32. The lowest BCUT2D eigenvalue weighted by atomic mass is 10.1. The molecule has 0 aromatic carbocycles. The van der Waals surface area contributed by atoms with Gasteiger partial charge in [-0.3, -0.25) is 0 Å². The molecule has 14 heavy (non-hydrogen) atoms. The van der Waals surface area contributed by atoms with Crippen molar-refractivity contribution in [3.63, 3.8) is 0 Å². The topological polar surface area (TPSA) is 41.1 Å². The van der Waals surface area contributed by atoms with Crippen LogP contribution in [0.2, 0.25) is 0 Å². The summed E-state index contributed by atoms with van der Waals surface area (Å²) in [6.07, 6.45) is 2.41. The molecule has 0 radical (unpaired) electrons. The number of rotatable bonds is 3. The van der Waals surface area contributed by atoms with E-state index >= 15 is 0 Å². The molecule has 2 heterocycles. The van der Waals surface area contributed by atoms with Gasteiger partial charge in [-0.1, -0.05) is 0 Å². The fourth-order valence-electron chi connectivity index (χ4n) is 1.51. The molecule has 0 atom stereocenters. The molecule has 4 nitrogen and oxygen atoms in total. The summed E-state index contributed by atoms with van der Waals surface area (Å²) >= 11 is 0. The molecule has 1 aliphatic heterocycles. The van der Waals surface area contributed by atoms with E-state index < -0.39 is 5.82 Å². The first kappa shape index (κ1) is 9.33. The number of anilines is 1. The molecule has 5 heteroatoms. The molecule has 1 saturated heterocycles. The lowest BCUT2D eigenvalue weighted by Gasteiger charge is -2.37. The Morgan fingerprint density at radius 2 is 2.14 bits per heavy atom. The third kappa shape index (κ3) is 1.68. The maximum atomic E-state index is 12.6. The van der Waals surface area contributed by atoms with Gasteiger partial charge < -0.3 is 10.2 Å². The molecular weight excluding hydrogens is 183 g/mol. The second kappa shape index (κ2) is 3.88. The van der Waals surface area contributed by atoms with E-state index in [4.69, 9.17) is 0 Å². The molecule has 0 saturated carbocycles. The number of hydrogen-bond acceptors (Lipinski definition) is 4. The van der Waals surface area contributed by atoms with E-state index in [0.29, 0.717) is 12.0 Å². The van der Waals surface area contributed by atoms with Gasteiger partial charge in [0.25, 0.3) is 0 Å². The van der Waals surface area contributed by atoms with Crippen molar-refractivity contribution in [3.8, 4) is 0 Å². The second-order valence-electron chi connectivity index (χ2n) is 3.30. The summed E-state index contributed by atoms with van der Waals surface area (Å²) in [5, 5.41) is 3.19. The van der Waals surface area contributed by atoms with Crippen LogP contribution in [0.3, 0.4) is 0 Å². The third-order valence-electron chi connectivity index (χ3n) is 2.40. The molecule has 76 valence electrons. The number of halogens is 1. The molecular formula is C9H13FN4. The Hall–Kier alpha value is -1.23. The molecule has 0 unspecified atom stereocenters. The second-order valence-corrected chi connectivity index (χ2v) is 3.30. The zero-order valence-corrected chi connectivity index (χ0v) is 8.07. The summed E-state index contributed by atoms with van der Waals surface area (Å²) in [7, 11) is 0. The van der Waals surface area contributed by atoms with Crippen molar-refractivity contribution >= 4 is 5.95 Å². The minimum Gasteiger partial charge on any atom is -0.336 e. The third-order valence-corrected chi connectivity index (χ3v) is 2.40. The number of nitrogens with one attached hydrogen (secondary N) is 1. The first-order valence-corrected chi connectivity index (χ1v) is 4.76. The molecule has 1 N–H and O–H groups in total. The maximum absolute atomic E-state index is 12.6. The first-order chi connectivity index (χ1) is 6.81. The minimum absolute atomic E-state index is 0.392. The SMILES string of the molecule is CCN(c1ncc(F)cn1)C1CNC1. The van der Waals surface area contributed by atoms with Crippen LogP contribution in [0.1, 0.15) is 6.92 Å². The van der Waals surface area contributed by atoms with Crippen LogP contribution in [-0.2, 0) is 0 Å². The van der Waals surface area contributed by atoms with Crippen LogP contribution in [0.4, 0.5) is 10.3 Å². The highest BCUT2D eigenvalue weighted by Gasteiger charge is 2.24. The van der Waals surface area contributed by atoms with Crippen molar-refractivity contribution in [3.05, 3.63) is 18.2 Å². The highest BCUT2D eigenvalue weighted by atomic mass is 19.1. The van der Waals surface area contributed by atoms with Crippen LogP contribution in [0.15, 0.2) is 12.4 Å². The van der Waals surface area contributed by atoms with Gasteiger partial charge in [0.2, 0.25) is 5.95 Å². The molecule has 1 aliphatic rings. The van der Waals surface area contributed by atoms with E-state index in [1.807, 2.05) is 6.92 Å². The Bertz CT molecular complexity index is 296. The van der Waals surface area contributed by atoms with Gasteiger partial charge in [-0.15, -0.1) is 0 Å². The largest absolute Gasteiger partial charge is 0.336 e. The van der Waals surface area contributed by atoms with Gasteiger partial charge in [-0.05, 0) is 6.92 Å². The van der Waals surface area contributed by atoms with Gasteiger partial charge in [0.05, 0.1) is 18.4 Å². The van der Waals surface area contributed by atoms with Gasteiger partial charge in [-0.25, -0.2) is 14.4 Å². The number of likely N-dealkylation sites (N-methyl/N-ethyl adjacent to an activating group) is 1. The molecule has 0 aliphatic carbocycles.